The van der Waals surface area contributed by atoms with E-state index in [1.54, 1.807) is 4.88 Å². The number of rotatable bonds is 8. The minimum Gasteiger partial charge on any atom is -0.314 e. The van der Waals surface area contributed by atoms with Crippen LogP contribution in [-0.4, -0.2) is 12.6 Å². The summed E-state index contributed by atoms with van der Waals surface area (Å²) in [7, 11) is 0. The van der Waals surface area contributed by atoms with E-state index in [-0.39, 0.29) is 0 Å². The summed E-state index contributed by atoms with van der Waals surface area (Å²) in [5, 5.41) is 6.04. The highest BCUT2D eigenvalue weighted by Gasteiger charge is 2.25. The van der Waals surface area contributed by atoms with Gasteiger partial charge in [-0.1, -0.05) is 32.8 Å². The summed E-state index contributed by atoms with van der Waals surface area (Å²) in [5.74, 6) is 1.87. The number of thiophene rings is 1. The molecule has 0 bridgehead atoms. The van der Waals surface area contributed by atoms with Crippen LogP contribution >= 0.6 is 11.3 Å². The van der Waals surface area contributed by atoms with E-state index in [2.05, 4.69) is 36.7 Å². The fourth-order valence-electron chi connectivity index (χ4n) is 3.63. The molecule has 0 radical (unpaired) electrons. The Morgan fingerprint density at radius 2 is 2.30 bits per heavy atom. The molecule has 1 nitrogen and oxygen atoms in total. The van der Waals surface area contributed by atoms with E-state index in [4.69, 9.17) is 0 Å². The molecule has 1 aromatic rings. The molecule has 0 saturated heterocycles. The molecule has 1 saturated carbocycles. The molecule has 0 aliphatic heterocycles. The van der Waals surface area contributed by atoms with Crippen molar-refractivity contribution in [1.82, 2.24) is 5.32 Å². The molecular formula is C18H31NS. The Labute approximate surface area is 129 Å². The smallest absolute Gasteiger partial charge is 0.00955 e. The summed E-state index contributed by atoms with van der Waals surface area (Å²) in [6, 6.07) is 5.22. The van der Waals surface area contributed by atoms with Crippen LogP contribution in [-0.2, 0) is 6.42 Å². The predicted octanol–water partition coefficient (Wildman–Crippen LogP) is 5.27. The minimum atomic E-state index is 0.762. The van der Waals surface area contributed by atoms with Crippen LogP contribution in [0.4, 0.5) is 0 Å². The van der Waals surface area contributed by atoms with Crippen LogP contribution in [0.15, 0.2) is 17.5 Å². The van der Waals surface area contributed by atoms with Gasteiger partial charge >= 0.3 is 0 Å². The fourth-order valence-corrected chi connectivity index (χ4v) is 4.38. The second-order valence-electron chi connectivity index (χ2n) is 6.56. The standard InChI is InChI=1S/C18H31NS/c1-3-12-19-18(16-8-4-7-15(2)14-16)11-5-9-17-10-6-13-20-17/h6,10,13,15-16,18-19H,3-5,7-9,11-12,14H2,1-2H3. The molecule has 3 atom stereocenters. The van der Waals surface area contributed by atoms with Gasteiger partial charge in [0.25, 0.3) is 0 Å². The Balaban J connectivity index is 1.79. The van der Waals surface area contributed by atoms with Crippen molar-refractivity contribution in [3.05, 3.63) is 22.4 Å². The molecule has 114 valence electrons. The summed E-state index contributed by atoms with van der Waals surface area (Å²) < 4.78 is 0. The van der Waals surface area contributed by atoms with E-state index in [1.165, 1.54) is 57.9 Å². The maximum Gasteiger partial charge on any atom is 0.00955 e. The van der Waals surface area contributed by atoms with Gasteiger partial charge in [0.05, 0.1) is 0 Å². The maximum atomic E-state index is 3.84. The van der Waals surface area contributed by atoms with E-state index in [0.717, 1.165) is 17.9 Å². The van der Waals surface area contributed by atoms with Gasteiger partial charge in [-0.2, -0.15) is 0 Å². The highest BCUT2D eigenvalue weighted by Crippen LogP contribution is 2.32. The summed E-state index contributed by atoms with van der Waals surface area (Å²) >= 11 is 1.91. The first kappa shape index (κ1) is 16.0. The molecule has 2 rings (SSSR count). The first-order valence-electron chi connectivity index (χ1n) is 8.55. The molecule has 0 spiro atoms. The van der Waals surface area contributed by atoms with Gasteiger partial charge in [-0.15, -0.1) is 11.3 Å². The van der Waals surface area contributed by atoms with Gasteiger partial charge in [-0.05, 0) is 68.4 Å². The molecule has 1 aliphatic rings. The Kier molecular flexibility index (Phi) is 7.09. The fraction of sp³-hybridized carbons (Fsp3) is 0.778. The molecule has 1 N–H and O–H groups in total. The highest BCUT2D eigenvalue weighted by atomic mass is 32.1. The van der Waals surface area contributed by atoms with Crippen molar-refractivity contribution in [2.45, 2.75) is 71.3 Å². The largest absolute Gasteiger partial charge is 0.314 e. The first-order chi connectivity index (χ1) is 9.79. The third-order valence-corrected chi connectivity index (χ3v) is 5.66. The number of nitrogens with one attached hydrogen (secondary N) is 1. The van der Waals surface area contributed by atoms with Gasteiger partial charge in [0.15, 0.2) is 0 Å². The average molecular weight is 294 g/mol. The van der Waals surface area contributed by atoms with Gasteiger partial charge in [0, 0.05) is 10.9 Å². The summed E-state index contributed by atoms with van der Waals surface area (Å²) in [6.07, 6.45) is 11.0. The Bertz CT molecular complexity index is 346. The van der Waals surface area contributed by atoms with Crippen LogP contribution < -0.4 is 5.32 Å². The van der Waals surface area contributed by atoms with Crippen LogP contribution in [0.5, 0.6) is 0 Å². The van der Waals surface area contributed by atoms with E-state index < -0.39 is 0 Å². The minimum absolute atomic E-state index is 0.762. The monoisotopic (exact) mass is 293 g/mol. The van der Waals surface area contributed by atoms with Crippen LogP contribution in [0, 0.1) is 11.8 Å². The maximum absolute atomic E-state index is 3.84. The zero-order valence-electron chi connectivity index (χ0n) is 13.2. The topological polar surface area (TPSA) is 12.0 Å². The molecule has 3 unspecified atom stereocenters. The summed E-state index contributed by atoms with van der Waals surface area (Å²) in [4.78, 5) is 1.55. The van der Waals surface area contributed by atoms with E-state index in [0.29, 0.717) is 0 Å². The molecule has 1 heterocycles. The second-order valence-corrected chi connectivity index (χ2v) is 7.60. The first-order valence-corrected chi connectivity index (χ1v) is 9.43. The molecule has 0 amide bonds. The van der Waals surface area contributed by atoms with E-state index in [1.807, 2.05) is 11.3 Å². The Morgan fingerprint density at radius 3 is 3.00 bits per heavy atom. The van der Waals surface area contributed by atoms with Crippen LogP contribution in [0.1, 0.15) is 63.7 Å². The van der Waals surface area contributed by atoms with E-state index in [9.17, 15) is 0 Å². The predicted molar refractivity (Wildman–Crippen MR) is 90.5 cm³/mol. The van der Waals surface area contributed by atoms with Crippen LogP contribution in [0.2, 0.25) is 0 Å². The quantitative estimate of drug-likeness (QED) is 0.689. The highest BCUT2D eigenvalue weighted by molar-refractivity contribution is 7.09. The Morgan fingerprint density at radius 1 is 1.40 bits per heavy atom. The molecule has 1 fully saturated rings. The SMILES string of the molecule is CCCNC(CCCc1cccs1)C1CCCC(C)C1. The Hall–Kier alpha value is -0.340. The van der Waals surface area contributed by atoms with Crippen molar-refractivity contribution in [3.8, 4) is 0 Å². The molecule has 1 aromatic heterocycles. The number of aryl methyl sites for hydroxylation is 1. The third-order valence-electron chi connectivity index (χ3n) is 4.72. The van der Waals surface area contributed by atoms with Gasteiger partial charge in [0.2, 0.25) is 0 Å². The van der Waals surface area contributed by atoms with E-state index >= 15 is 0 Å². The molecular weight excluding hydrogens is 262 g/mol. The van der Waals surface area contributed by atoms with Gasteiger partial charge in [-0.25, -0.2) is 0 Å². The molecule has 1 aliphatic carbocycles. The van der Waals surface area contributed by atoms with Crippen molar-refractivity contribution < 1.29 is 0 Å². The lowest BCUT2D eigenvalue weighted by Gasteiger charge is -2.34. The zero-order valence-corrected chi connectivity index (χ0v) is 14.1. The van der Waals surface area contributed by atoms with Gasteiger partial charge < -0.3 is 5.32 Å². The van der Waals surface area contributed by atoms with Crippen molar-refractivity contribution >= 4 is 11.3 Å². The van der Waals surface area contributed by atoms with Crippen molar-refractivity contribution in [3.63, 3.8) is 0 Å². The van der Waals surface area contributed by atoms with Crippen molar-refractivity contribution in [1.29, 1.82) is 0 Å². The van der Waals surface area contributed by atoms with Crippen LogP contribution in [0.25, 0.3) is 0 Å². The van der Waals surface area contributed by atoms with Crippen molar-refractivity contribution in [2.75, 3.05) is 6.54 Å². The lowest BCUT2D eigenvalue weighted by atomic mass is 9.77. The summed E-state index contributed by atoms with van der Waals surface area (Å²) in [5.41, 5.74) is 0. The van der Waals surface area contributed by atoms with Crippen LogP contribution in [0.3, 0.4) is 0 Å². The molecule has 20 heavy (non-hydrogen) atoms. The lowest BCUT2D eigenvalue weighted by Crippen LogP contribution is -2.38. The molecule has 0 aromatic carbocycles. The van der Waals surface area contributed by atoms with Crippen molar-refractivity contribution in [2.24, 2.45) is 11.8 Å². The average Bonchev–Trinajstić information content (AvgIpc) is 2.96. The second kappa shape index (κ2) is 8.84. The zero-order chi connectivity index (χ0) is 14.2. The summed E-state index contributed by atoms with van der Waals surface area (Å²) in [6.45, 7) is 5.91. The van der Waals surface area contributed by atoms with Gasteiger partial charge in [0.1, 0.15) is 0 Å². The third kappa shape index (κ3) is 5.21. The normalized spacial score (nSPS) is 24.7. The number of hydrogen-bond donors (Lipinski definition) is 1. The van der Waals surface area contributed by atoms with Gasteiger partial charge in [-0.3, -0.25) is 0 Å². The lowest BCUT2D eigenvalue weighted by molar-refractivity contribution is 0.213. The molecule has 2 heteroatoms. The number of hydrogen-bond acceptors (Lipinski definition) is 2.